The Bertz CT molecular complexity index is 676. The van der Waals surface area contributed by atoms with E-state index in [9.17, 15) is 9.59 Å². The van der Waals surface area contributed by atoms with Crippen LogP contribution in [0.15, 0.2) is 30.5 Å². The van der Waals surface area contributed by atoms with E-state index in [2.05, 4.69) is 10.3 Å². The Morgan fingerprint density at radius 1 is 1.38 bits per heavy atom. The average Bonchev–Trinajstić information content (AvgIpc) is 2.80. The van der Waals surface area contributed by atoms with Gasteiger partial charge in [0, 0.05) is 24.6 Å². The second kappa shape index (κ2) is 6.23. The molecule has 1 aromatic heterocycles. The number of methoxy groups -OCH3 is 1. The van der Waals surface area contributed by atoms with Gasteiger partial charge in [0.25, 0.3) is 5.91 Å². The van der Waals surface area contributed by atoms with Crippen LogP contribution in [0.4, 0.5) is 5.69 Å². The lowest BCUT2D eigenvalue weighted by Crippen LogP contribution is -2.14. The van der Waals surface area contributed by atoms with E-state index in [-0.39, 0.29) is 17.2 Å². The minimum absolute atomic E-state index is 0.0661. The van der Waals surface area contributed by atoms with Gasteiger partial charge in [-0.15, -0.1) is 0 Å². The number of H-pyrrole nitrogens is 1. The maximum Gasteiger partial charge on any atom is 0.339 e. The van der Waals surface area contributed by atoms with E-state index < -0.39 is 5.97 Å². The van der Waals surface area contributed by atoms with Crippen LogP contribution in [0.5, 0.6) is 0 Å². The Kier molecular flexibility index (Phi) is 4.39. The van der Waals surface area contributed by atoms with E-state index in [1.807, 2.05) is 6.07 Å². The molecule has 0 fully saturated rings. The first kappa shape index (κ1) is 14.8. The number of aromatic nitrogens is 1. The van der Waals surface area contributed by atoms with Gasteiger partial charge in [0.15, 0.2) is 0 Å². The first-order valence-corrected chi connectivity index (χ1v) is 6.33. The maximum absolute atomic E-state index is 12.2. The van der Waals surface area contributed by atoms with Gasteiger partial charge in [0.1, 0.15) is 5.56 Å². The summed E-state index contributed by atoms with van der Waals surface area (Å²) < 4.78 is 5.02. The van der Waals surface area contributed by atoms with Crippen molar-refractivity contribution in [3.05, 3.63) is 52.8 Å². The van der Waals surface area contributed by atoms with Crippen molar-refractivity contribution in [2.24, 2.45) is 0 Å². The number of carbonyl (C=O) groups is 2. The van der Waals surface area contributed by atoms with E-state index >= 15 is 0 Å². The van der Waals surface area contributed by atoms with Crippen LogP contribution in [-0.4, -0.2) is 29.1 Å². The molecule has 0 unspecified atom stereocenters. The van der Waals surface area contributed by atoms with Crippen molar-refractivity contribution in [3.8, 4) is 0 Å². The molecular formula is C15H16N2O4. The quantitative estimate of drug-likeness (QED) is 0.788. The predicted molar refractivity (Wildman–Crippen MR) is 77.6 cm³/mol. The van der Waals surface area contributed by atoms with Crippen LogP contribution in [-0.2, 0) is 11.3 Å². The van der Waals surface area contributed by atoms with Crippen LogP contribution in [0.1, 0.15) is 32.0 Å². The van der Waals surface area contributed by atoms with E-state index in [0.29, 0.717) is 17.9 Å². The van der Waals surface area contributed by atoms with Crippen molar-refractivity contribution in [2.45, 2.75) is 13.5 Å². The van der Waals surface area contributed by atoms with Crippen molar-refractivity contribution in [1.29, 1.82) is 0 Å². The number of amides is 1. The summed E-state index contributed by atoms with van der Waals surface area (Å²) in [4.78, 5) is 26.2. The third-order valence-electron chi connectivity index (χ3n) is 3.04. The number of anilines is 1. The molecule has 0 aliphatic heterocycles. The van der Waals surface area contributed by atoms with Gasteiger partial charge in [-0.25, -0.2) is 4.79 Å². The summed E-state index contributed by atoms with van der Waals surface area (Å²) in [7, 11) is 1.58. The number of ether oxygens (including phenoxy) is 1. The van der Waals surface area contributed by atoms with Gasteiger partial charge in [0.2, 0.25) is 0 Å². The fourth-order valence-electron chi connectivity index (χ4n) is 2.06. The van der Waals surface area contributed by atoms with Crippen LogP contribution >= 0.6 is 0 Å². The molecule has 6 heteroatoms. The van der Waals surface area contributed by atoms with Crippen molar-refractivity contribution in [1.82, 2.24) is 4.98 Å². The van der Waals surface area contributed by atoms with Gasteiger partial charge in [-0.1, -0.05) is 12.1 Å². The summed E-state index contributed by atoms with van der Waals surface area (Å²) in [5, 5.41) is 11.8. The van der Waals surface area contributed by atoms with Gasteiger partial charge in [-0.2, -0.15) is 0 Å². The third-order valence-corrected chi connectivity index (χ3v) is 3.04. The number of aryl methyl sites for hydroxylation is 1. The number of rotatable bonds is 5. The third kappa shape index (κ3) is 3.29. The summed E-state index contributed by atoms with van der Waals surface area (Å²) >= 11 is 0. The number of hydrogen-bond acceptors (Lipinski definition) is 3. The van der Waals surface area contributed by atoms with E-state index in [0.717, 1.165) is 5.56 Å². The van der Waals surface area contributed by atoms with Crippen molar-refractivity contribution < 1.29 is 19.4 Å². The number of aromatic carboxylic acids is 1. The van der Waals surface area contributed by atoms with Crippen LogP contribution in [0, 0.1) is 6.92 Å². The fourth-order valence-corrected chi connectivity index (χ4v) is 2.06. The molecule has 0 aliphatic carbocycles. The largest absolute Gasteiger partial charge is 0.478 e. The highest BCUT2D eigenvalue weighted by atomic mass is 16.5. The molecule has 2 rings (SSSR count). The zero-order chi connectivity index (χ0) is 15.4. The van der Waals surface area contributed by atoms with Crippen LogP contribution in [0.25, 0.3) is 0 Å². The molecular weight excluding hydrogens is 272 g/mol. The lowest BCUT2D eigenvalue weighted by molar-refractivity contribution is 0.0697. The molecule has 6 nitrogen and oxygen atoms in total. The zero-order valence-corrected chi connectivity index (χ0v) is 11.8. The fraction of sp³-hybridized carbons (Fsp3) is 0.200. The molecule has 1 amide bonds. The normalized spacial score (nSPS) is 10.4. The highest BCUT2D eigenvalue weighted by molar-refractivity contribution is 6.08. The minimum Gasteiger partial charge on any atom is -0.478 e. The number of nitrogens with one attached hydrogen (secondary N) is 2. The Morgan fingerprint density at radius 2 is 2.14 bits per heavy atom. The summed E-state index contributed by atoms with van der Waals surface area (Å²) in [5.41, 5.74) is 2.12. The lowest BCUT2D eigenvalue weighted by Gasteiger charge is -2.06. The maximum atomic E-state index is 12.2. The monoisotopic (exact) mass is 288 g/mol. The van der Waals surface area contributed by atoms with Gasteiger partial charge < -0.3 is 20.1 Å². The molecule has 0 saturated heterocycles. The molecule has 3 N–H and O–H groups in total. The topological polar surface area (TPSA) is 91.4 Å². The number of benzene rings is 1. The first-order valence-electron chi connectivity index (χ1n) is 6.33. The van der Waals surface area contributed by atoms with Crippen molar-refractivity contribution in [2.75, 3.05) is 12.4 Å². The van der Waals surface area contributed by atoms with Gasteiger partial charge in [-0.05, 0) is 24.6 Å². The van der Waals surface area contributed by atoms with E-state index in [4.69, 9.17) is 9.84 Å². The molecule has 0 atom stereocenters. The standard InChI is InChI=1S/C15H16N2O4/c1-9-13(15(19)20)12(7-16-9)17-14(18)11-5-3-4-10(6-11)8-21-2/h3-7,16H,8H2,1-2H3,(H,17,18)(H,19,20). The molecule has 0 radical (unpaired) electrons. The molecule has 2 aromatic rings. The van der Waals surface area contributed by atoms with Gasteiger partial charge in [-0.3, -0.25) is 4.79 Å². The number of hydrogen-bond donors (Lipinski definition) is 3. The van der Waals surface area contributed by atoms with E-state index in [1.165, 1.54) is 6.20 Å². The van der Waals surface area contributed by atoms with E-state index in [1.54, 1.807) is 32.2 Å². The average molecular weight is 288 g/mol. The predicted octanol–water partition coefficient (Wildman–Crippen LogP) is 2.42. The summed E-state index contributed by atoms with van der Waals surface area (Å²) in [6, 6.07) is 6.97. The number of carbonyl (C=O) groups excluding carboxylic acids is 1. The summed E-state index contributed by atoms with van der Waals surface area (Å²) in [6.07, 6.45) is 1.47. The van der Waals surface area contributed by atoms with Gasteiger partial charge >= 0.3 is 5.97 Å². The van der Waals surface area contributed by atoms with Crippen molar-refractivity contribution in [3.63, 3.8) is 0 Å². The highest BCUT2D eigenvalue weighted by Gasteiger charge is 2.17. The second-order valence-corrected chi connectivity index (χ2v) is 4.60. The Labute approximate surface area is 121 Å². The first-order chi connectivity index (χ1) is 10.0. The smallest absolute Gasteiger partial charge is 0.339 e. The molecule has 21 heavy (non-hydrogen) atoms. The second-order valence-electron chi connectivity index (χ2n) is 4.60. The summed E-state index contributed by atoms with van der Waals surface area (Å²) in [5.74, 6) is -1.45. The van der Waals surface area contributed by atoms with Crippen LogP contribution in [0.2, 0.25) is 0 Å². The van der Waals surface area contributed by atoms with Crippen molar-refractivity contribution >= 4 is 17.6 Å². The zero-order valence-electron chi connectivity index (χ0n) is 11.8. The molecule has 0 spiro atoms. The molecule has 0 aliphatic rings. The van der Waals surface area contributed by atoms with Crippen LogP contribution < -0.4 is 5.32 Å². The molecule has 0 bridgehead atoms. The molecule has 1 aromatic carbocycles. The molecule has 1 heterocycles. The Morgan fingerprint density at radius 3 is 2.81 bits per heavy atom. The molecule has 110 valence electrons. The highest BCUT2D eigenvalue weighted by Crippen LogP contribution is 2.20. The number of aromatic amines is 1. The molecule has 0 saturated carbocycles. The Hall–Kier alpha value is -2.60. The Balaban J connectivity index is 2.22. The minimum atomic E-state index is -1.09. The van der Waals surface area contributed by atoms with Gasteiger partial charge in [0.05, 0.1) is 12.3 Å². The SMILES string of the molecule is COCc1cccc(C(=O)Nc2c[nH]c(C)c2C(=O)O)c1. The number of carboxylic acids is 1. The lowest BCUT2D eigenvalue weighted by atomic mass is 10.1. The van der Waals surface area contributed by atoms with Crippen LogP contribution in [0.3, 0.4) is 0 Å². The summed E-state index contributed by atoms with van der Waals surface area (Å²) in [6.45, 7) is 2.04. The number of carboxylic acid groups (broad SMARTS) is 1.